The number of ether oxygens (including phenoxy) is 2. The molecule has 174 valence electrons. The third kappa shape index (κ3) is 4.58. The third-order valence-electron chi connectivity index (χ3n) is 6.35. The number of carbonyl (C=O) groups excluding carboxylic acids is 3. The summed E-state index contributed by atoms with van der Waals surface area (Å²) in [4.78, 5) is 41.7. The van der Waals surface area contributed by atoms with Crippen LogP contribution in [0.15, 0.2) is 60.7 Å². The summed E-state index contributed by atoms with van der Waals surface area (Å²) in [6.45, 7) is 9.29. The lowest BCUT2D eigenvalue weighted by molar-refractivity contribution is -0.0634. The van der Waals surface area contributed by atoms with Crippen molar-refractivity contribution in [3.05, 3.63) is 71.8 Å². The number of rotatable bonds is 5. The van der Waals surface area contributed by atoms with Crippen molar-refractivity contribution in [3.63, 3.8) is 0 Å². The van der Waals surface area contributed by atoms with Gasteiger partial charge in [0.05, 0.1) is 12.6 Å². The summed E-state index contributed by atoms with van der Waals surface area (Å²) in [5, 5.41) is 0. The van der Waals surface area contributed by atoms with Gasteiger partial charge < -0.3 is 9.47 Å². The lowest BCUT2D eigenvalue weighted by Gasteiger charge is -2.35. The van der Waals surface area contributed by atoms with Gasteiger partial charge in [-0.25, -0.2) is 4.79 Å². The largest absolute Gasteiger partial charge is 0.444 e. The van der Waals surface area contributed by atoms with Crippen LogP contribution >= 0.6 is 0 Å². The lowest BCUT2D eigenvalue weighted by atomic mass is 10.0. The number of nitrogens with zero attached hydrogens (tertiary/aromatic N) is 1. The molecule has 0 bridgehead atoms. The summed E-state index contributed by atoms with van der Waals surface area (Å²) in [6, 6.07) is 17.6. The van der Waals surface area contributed by atoms with E-state index in [1.807, 2.05) is 57.2 Å². The van der Waals surface area contributed by atoms with E-state index in [2.05, 4.69) is 0 Å². The molecule has 6 heteroatoms. The highest BCUT2D eigenvalue weighted by Gasteiger charge is 2.66. The maximum absolute atomic E-state index is 13.5. The molecule has 2 aromatic rings. The Labute approximate surface area is 194 Å². The molecule has 4 rings (SSSR count). The molecular formula is C27H31NO5. The number of Topliss-reactive ketones (excluding diaryl/α,β-unsaturated/α-hetero) is 2. The Morgan fingerprint density at radius 3 is 1.76 bits per heavy atom. The predicted molar refractivity (Wildman–Crippen MR) is 124 cm³/mol. The Morgan fingerprint density at radius 2 is 1.33 bits per heavy atom. The van der Waals surface area contributed by atoms with Gasteiger partial charge >= 0.3 is 6.09 Å². The Morgan fingerprint density at radius 1 is 0.879 bits per heavy atom. The average Bonchev–Trinajstić information content (AvgIpc) is 3.41. The first-order chi connectivity index (χ1) is 15.5. The van der Waals surface area contributed by atoms with Crippen molar-refractivity contribution in [1.29, 1.82) is 0 Å². The van der Waals surface area contributed by atoms with Crippen LogP contribution in [0.5, 0.6) is 0 Å². The molecule has 6 nitrogen and oxygen atoms in total. The van der Waals surface area contributed by atoms with Gasteiger partial charge in [0.25, 0.3) is 0 Å². The molecular weight excluding hydrogens is 418 g/mol. The molecule has 1 aliphatic carbocycles. The van der Waals surface area contributed by atoms with Gasteiger partial charge in [-0.1, -0.05) is 60.7 Å². The summed E-state index contributed by atoms with van der Waals surface area (Å²) in [5.74, 6) is -1.55. The number of hydrogen-bond donors (Lipinski definition) is 0. The highest BCUT2D eigenvalue weighted by atomic mass is 16.6. The maximum atomic E-state index is 13.5. The zero-order chi connectivity index (χ0) is 24.0. The minimum atomic E-state index is -0.906. The molecule has 0 aromatic heterocycles. The Bertz CT molecular complexity index is 984. The van der Waals surface area contributed by atoms with E-state index in [4.69, 9.17) is 9.47 Å². The van der Waals surface area contributed by atoms with E-state index >= 15 is 0 Å². The van der Waals surface area contributed by atoms with Crippen LogP contribution in [0.1, 0.15) is 55.3 Å². The van der Waals surface area contributed by atoms with Crippen LogP contribution < -0.4 is 0 Å². The van der Waals surface area contributed by atoms with Crippen molar-refractivity contribution < 1.29 is 23.9 Å². The van der Waals surface area contributed by atoms with Crippen molar-refractivity contribution in [2.75, 3.05) is 6.61 Å². The van der Waals surface area contributed by atoms with Gasteiger partial charge in [-0.15, -0.1) is 0 Å². The average molecular weight is 450 g/mol. The third-order valence-corrected chi connectivity index (χ3v) is 6.35. The summed E-state index contributed by atoms with van der Waals surface area (Å²) < 4.78 is 11.6. The van der Waals surface area contributed by atoms with Crippen LogP contribution in [0.3, 0.4) is 0 Å². The second-order valence-corrected chi connectivity index (χ2v) is 10.3. The zero-order valence-corrected chi connectivity index (χ0v) is 19.8. The molecule has 0 unspecified atom stereocenters. The number of benzene rings is 2. The van der Waals surface area contributed by atoms with Crippen LogP contribution in [0.4, 0.5) is 4.79 Å². The molecule has 1 saturated heterocycles. The van der Waals surface area contributed by atoms with E-state index < -0.39 is 35.3 Å². The van der Waals surface area contributed by atoms with E-state index in [1.165, 1.54) is 0 Å². The fraction of sp³-hybridized carbons (Fsp3) is 0.444. The number of carbonyl (C=O) groups is 3. The summed E-state index contributed by atoms with van der Waals surface area (Å²) in [7, 11) is 0. The van der Waals surface area contributed by atoms with Gasteiger partial charge in [0.1, 0.15) is 11.3 Å². The molecule has 0 spiro atoms. The Hall–Kier alpha value is -2.99. The van der Waals surface area contributed by atoms with E-state index in [9.17, 15) is 14.4 Å². The molecule has 1 amide bonds. The second-order valence-electron chi connectivity index (χ2n) is 10.3. The van der Waals surface area contributed by atoms with Crippen molar-refractivity contribution in [1.82, 2.24) is 4.90 Å². The van der Waals surface area contributed by atoms with Crippen LogP contribution in [-0.4, -0.2) is 46.5 Å². The van der Waals surface area contributed by atoms with Crippen LogP contribution in [-0.2, 0) is 9.47 Å². The standard InChI is InChI=1S/C27H31NO5/c1-26(2,3)33-25(31)28-19(16-32-27(28,4)5)20-21(23(29)17-12-8-6-9-13-17)22(20)24(30)18-14-10-7-11-15-18/h6-15,19-22H,16H2,1-5H3/t19-,21+,22+/m0/s1. The van der Waals surface area contributed by atoms with Crippen LogP contribution in [0.25, 0.3) is 0 Å². The minimum Gasteiger partial charge on any atom is -0.444 e. The van der Waals surface area contributed by atoms with Crippen molar-refractivity contribution in [2.24, 2.45) is 17.8 Å². The van der Waals surface area contributed by atoms with Crippen LogP contribution in [0.2, 0.25) is 0 Å². The fourth-order valence-electron chi connectivity index (χ4n) is 4.86. The van der Waals surface area contributed by atoms with Crippen molar-refractivity contribution in [3.8, 4) is 0 Å². The smallest absolute Gasteiger partial charge is 0.412 e. The quantitative estimate of drug-likeness (QED) is 0.602. The molecule has 2 aromatic carbocycles. The van der Waals surface area contributed by atoms with Gasteiger partial charge in [-0.3, -0.25) is 14.5 Å². The summed E-state index contributed by atoms with van der Waals surface area (Å²) >= 11 is 0. The first-order valence-corrected chi connectivity index (χ1v) is 11.4. The van der Waals surface area contributed by atoms with Gasteiger partial charge in [0, 0.05) is 28.9 Å². The monoisotopic (exact) mass is 449 g/mol. The number of ketones is 2. The SMILES string of the molecule is CC(C)(C)OC(=O)N1[C@H](C2[C@@H](C(=O)c3ccccc3)[C@@H]2C(=O)c2ccccc2)COC1(C)C. The molecule has 0 radical (unpaired) electrons. The fourth-order valence-corrected chi connectivity index (χ4v) is 4.86. The Balaban J connectivity index is 1.68. The van der Waals surface area contributed by atoms with Gasteiger partial charge in [0.2, 0.25) is 0 Å². The molecule has 3 atom stereocenters. The predicted octanol–water partition coefficient (Wildman–Crippen LogP) is 4.99. The molecule has 1 saturated carbocycles. The molecule has 0 N–H and O–H groups in total. The summed E-state index contributed by atoms with van der Waals surface area (Å²) in [6.07, 6.45) is -0.501. The minimum absolute atomic E-state index is 0.0799. The van der Waals surface area contributed by atoms with Gasteiger partial charge in [-0.2, -0.15) is 0 Å². The normalized spacial score (nSPS) is 26.0. The Kier molecular flexibility index (Phi) is 5.91. The van der Waals surface area contributed by atoms with E-state index in [0.717, 1.165) is 0 Å². The number of hydrogen-bond acceptors (Lipinski definition) is 5. The second kappa shape index (κ2) is 8.41. The summed E-state index contributed by atoms with van der Waals surface area (Å²) in [5.41, 5.74) is -0.450. The molecule has 2 fully saturated rings. The first-order valence-electron chi connectivity index (χ1n) is 11.4. The first kappa shape index (κ1) is 23.2. The van der Waals surface area contributed by atoms with Crippen LogP contribution in [0, 0.1) is 17.8 Å². The molecule has 1 aliphatic heterocycles. The van der Waals surface area contributed by atoms with Gasteiger partial charge in [0.15, 0.2) is 11.6 Å². The highest BCUT2D eigenvalue weighted by Crippen LogP contribution is 2.55. The molecule has 1 heterocycles. The van der Waals surface area contributed by atoms with Gasteiger partial charge in [-0.05, 0) is 34.6 Å². The topological polar surface area (TPSA) is 72.9 Å². The zero-order valence-electron chi connectivity index (χ0n) is 19.8. The highest BCUT2D eigenvalue weighted by molar-refractivity contribution is 6.09. The number of amides is 1. The van der Waals surface area contributed by atoms with Crippen molar-refractivity contribution >= 4 is 17.7 Å². The van der Waals surface area contributed by atoms with E-state index in [0.29, 0.717) is 11.1 Å². The van der Waals surface area contributed by atoms with Crippen molar-refractivity contribution in [2.45, 2.75) is 52.0 Å². The maximum Gasteiger partial charge on any atom is 0.412 e. The molecule has 33 heavy (non-hydrogen) atoms. The van der Waals surface area contributed by atoms with E-state index in [1.54, 1.807) is 43.0 Å². The molecule has 2 aliphatic rings. The lowest BCUT2D eigenvalue weighted by Crippen LogP contribution is -2.51. The van der Waals surface area contributed by atoms with E-state index in [-0.39, 0.29) is 24.1 Å².